The van der Waals surface area contributed by atoms with Crippen LogP contribution in [0.15, 0.2) is 53.4 Å². The lowest BCUT2D eigenvalue weighted by molar-refractivity contribution is -0.113. The topological polar surface area (TPSA) is 83.9 Å². The van der Waals surface area contributed by atoms with Gasteiger partial charge in [0, 0.05) is 0 Å². The number of esters is 1. The molecule has 1 N–H and O–H groups in total. The first kappa shape index (κ1) is 18.8. The number of anilines is 1. The third-order valence-electron chi connectivity index (χ3n) is 3.77. The van der Waals surface area contributed by atoms with E-state index in [0.29, 0.717) is 20.5 Å². The Kier molecular flexibility index (Phi) is 5.38. The maximum atomic E-state index is 12.8. The van der Waals surface area contributed by atoms with Crippen molar-refractivity contribution in [2.24, 2.45) is 0 Å². The van der Waals surface area contributed by atoms with Crippen molar-refractivity contribution in [2.75, 3.05) is 12.0 Å². The summed E-state index contributed by atoms with van der Waals surface area (Å²) >= 11 is 6.42. The van der Waals surface area contributed by atoms with Gasteiger partial charge in [0.05, 0.1) is 28.8 Å². The van der Waals surface area contributed by atoms with Gasteiger partial charge in [0.1, 0.15) is 0 Å². The van der Waals surface area contributed by atoms with E-state index >= 15 is 0 Å². The Hall–Kier alpha value is -2.97. The Morgan fingerprint density at radius 2 is 1.85 bits per heavy atom. The molecule has 27 heavy (non-hydrogen) atoms. The van der Waals surface area contributed by atoms with Crippen LogP contribution in [0.1, 0.15) is 26.3 Å². The van der Waals surface area contributed by atoms with E-state index in [9.17, 15) is 14.4 Å². The average Bonchev–Trinajstić information content (AvgIpc) is 2.95. The number of hydrogen-bond acceptors (Lipinski definition) is 6. The highest BCUT2D eigenvalue weighted by Gasteiger charge is 2.33. The number of methoxy groups -OCH3 is 1. The number of thioether (sulfide) groups is 1. The maximum Gasteiger partial charge on any atom is 0.337 e. The number of carbonyl (C=O) groups is 3. The second-order valence-corrected chi connectivity index (χ2v) is 7.16. The van der Waals surface area contributed by atoms with Gasteiger partial charge < -0.3 is 9.84 Å². The maximum absolute atomic E-state index is 12.8. The van der Waals surface area contributed by atoms with Crippen molar-refractivity contribution in [1.29, 1.82) is 0 Å². The van der Waals surface area contributed by atoms with Gasteiger partial charge in [0.15, 0.2) is 4.32 Å². The molecule has 3 rings (SSSR count). The summed E-state index contributed by atoms with van der Waals surface area (Å²) in [4.78, 5) is 37.1. The lowest BCUT2D eigenvalue weighted by Gasteiger charge is -2.14. The summed E-state index contributed by atoms with van der Waals surface area (Å²) in [6.45, 7) is 0. The third-order valence-corrected chi connectivity index (χ3v) is 5.08. The number of nitrogens with zero attached hydrogens (tertiary/aromatic N) is 1. The van der Waals surface area contributed by atoms with Gasteiger partial charge in [-0.15, -0.1) is 0 Å². The summed E-state index contributed by atoms with van der Waals surface area (Å²) < 4.78 is 4.97. The van der Waals surface area contributed by atoms with Crippen LogP contribution in [0.2, 0.25) is 0 Å². The number of hydrogen-bond donors (Lipinski definition) is 1. The van der Waals surface area contributed by atoms with E-state index in [4.69, 9.17) is 17.3 Å². The fourth-order valence-corrected chi connectivity index (χ4v) is 3.75. The van der Waals surface area contributed by atoms with Crippen molar-refractivity contribution in [3.63, 3.8) is 0 Å². The number of rotatable bonds is 4. The van der Waals surface area contributed by atoms with Crippen molar-refractivity contribution in [2.45, 2.75) is 0 Å². The van der Waals surface area contributed by atoms with Crippen molar-refractivity contribution < 1.29 is 24.2 Å². The molecule has 6 nitrogen and oxygen atoms in total. The predicted octanol–water partition coefficient (Wildman–Crippen LogP) is 3.58. The van der Waals surface area contributed by atoms with E-state index in [1.165, 1.54) is 24.1 Å². The van der Waals surface area contributed by atoms with Crippen molar-refractivity contribution >= 4 is 57.9 Å². The second-order valence-electron chi connectivity index (χ2n) is 5.49. The normalized spacial score (nSPS) is 15.3. The highest BCUT2D eigenvalue weighted by atomic mass is 32.2. The number of aromatic carboxylic acids is 1. The lowest BCUT2D eigenvalue weighted by atomic mass is 10.1. The van der Waals surface area contributed by atoms with Crippen LogP contribution < -0.4 is 4.90 Å². The largest absolute Gasteiger partial charge is 0.478 e. The summed E-state index contributed by atoms with van der Waals surface area (Å²) in [6, 6.07) is 12.7. The summed E-state index contributed by atoms with van der Waals surface area (Å²) in [5, 5.41) is 9.12. The first-order chi connectivity index (χ1) is 12.9. The SMILES string of the molecule is COC(=O)c1ccc(/C=C2/SC(=S)N(c3cccc(C(=O)O)c3)C2=O)cc1. The van der Waals surface area contributed by atoms with E-state index in [0.717, 1.165) is 17.3 Å². The standard InChI is InChI=1S/C19H13NO5S2/c1-25-18(24)12-7-5-11(6-8-12)9-15-16(21)20(19(26)27-15)14-4-2-3-13(10-14)17(22)23/h2-10H,1H3,(H,22,23)/b15-9+. The molecule has 1 amide bonds. The first-order valence-electron chi connectivity index (χ1n) is 7.70. The predicted molar refractivity (Wildman–Crippen MR) is 107 cm³/mol. The summed E-state index contributed by atoms with van der Waals surface area (Å²) in [5.41, 5.74) is 1.61. The van der Waals surface area contributed by atoms with Gasteiger partial charge in [-0.25, -0.2) is 9.59 Å². The van der Waals surface area contributed by atoms with Gasteiger partial charge in [-0.05, 0) is 42.0 Å². The number of thiocarbonyl (C=S) groups is 1. The monoisotopic (exact) mass is 399 g/mol. The second kappa shape index (κ2) is 7.73. The molecule has 1 aliphatic rings. The first-order valence-corrected chi connectivity index (χ1v) is 8.93. The average molecular weight is 399 g/mol. The molecule has 0 spiro atoms. The molecule has 136 valence electrons. The number of carbonyl (C=O) groups excluding carboxylic acids is 2. The minimum atomic E-state index is -1.08. The van der Waals surface area contributed by atoms with Crippen LogP contribution in [0.4, 0.5) is 5.69 Å². The van der Waals surface area contributed by atoms with Crippen LogP contribution in [-0.2, 0) is 9.53 Å². The molecule has 1 aliphatic heterocycles. The highest BCUT2D eigenvalue weighted by molar-refractivity contribution is 8.27. The van der Waals surface area contributed by atoms with Gasteiger partial charge >= 0.3 is 11.9 Å². The molecule has 1 heterocycles. The number of benzene rings is 2. The van der Waals surface area contributed by atoms with E-state index < -0.39 is 11.9 Å². The molecule has 0 aliphatic carbocycles. The van der Waals surface area contributed by atoms with Crippen molar-refractivity contribution in [3.05, 3.63) is 70.1 Å². The van der Waals surface area contributed by atoms with Gasteiger partial charge in [0.2, 0.25) is 0 Å². The Morgan fingerprint density at radius 1 is 1.15 bits per heavy atom. The van der Waals surface area contributed by atoms with Gasteiger partial charge in [-0.3, -0.25) is 9.69 Å². The van der Waals surface area contributed by atoms with Crippen LogP contribution >= 0.6 is 24.0 Å². The Morgan fingerprint density at radius 3 is 2.48 bits per heavy atom. The third kappa shape index (κ3) is 3.91. The quantitative estimate of drug-likeness (QED) is 0.478. The summed E-state index contributed by atoms with van der Waals surface area (Å²) in [5.74, 6) is -1.85. The van der Waals surface area contributed by atoms with E-state index in [-0.39, 0.29) is 11.5 Å². The van der Waals surface area contributed by atoms with Gasteiger partial charge in [-0.2, -0.15) is 0 Å². The van der Waals surface area contributed by atoms with Crippen LogP contribution in [0.25, 0.3) is 6.08 Å². The number of carboxylic acid groups (broad SMARTS) is 1. The zero-order chi connectivity index (χ0) is 19.6. The molecule has 0 unspecified atom stereocenters. The van der Waals surface area contributed by atoms with Gasteiger partial charge in [-0.1, -0.05) is 42.2 Å². The van der Waals surface area contributed by atoms with Crippen LogP contribution in [0.5, 0.6) is 0 Å². The Bertz CT molecular complexity index is 982. The molecule has 0 saturated carbocycles. The van der Waals surface area contributed by atoms with E-state index in [1.54, 1.807) is 42.5 Å². The molecule has 0 radical (unpaired) electrons. The Balaban J connectivity index is 1.87. The van der Waals surface area contributed by atoms with E-state index in [1.807, 2.05) is 0 Å². The van der Waals surface area contributed by atoms with Crippen molar-refractivity contribution in [3.8, 4) is 0 Å². The zero-order valence-electron chi connectivity index (χ0n) is 14.0. The molecule has 2 aromatic carbocycles. The highest BCUT2D eigenvalue weighted by Crippen LogP contribution is 2.36. The lowest BCUT2D eigenvalue weighted by Crippen LogP contribution is -2.27. The molecule has 0 aromatic heterocycles. The van der Waals surface area contributed by atoms with E-state index in [2.05, 4.69) is 4.74 Å². The molecular weight excluding hydrogens is 386 g/mol. The molecule has 1 fully saturated rings. The van der Waals surface area contributed by atoms with Crippen LogP contribution in [0, 0.1) is 0 Å². The smallest absolute Gasteiger partial charge is 0.337 e. The molecule has 1 saturated heterocycles. The van der Waals surface area contributed by atoms with Gasteiger partial charge in [0.25, 0.3) is 5.91 Å². The molecule has 0 bridgehead atoms. The van der Waals surface area contributed by atoms with Crippen LogP contribution in [0.3, 0.4) is 0 Å². The minimum Gasteiger partial charge on any atom is -0.478 e. The molecule has 0 atom stereocenters. The number of ether oxygens (including phenoxy) is 1. The molecule has 2 aromatic rings. The minimum absolute atomic E-state index is 0.0731. The van der Waals surface area contributed by atoms with Crippen LogP contribution in [-0.4, -0.2) is 34.4 Å². The molecule has 8 heteroatoms. The Labute approximate surface area is 164 Å². The number of carboxylic acids is 1. The summed E-state index contributed by atoms with van der Waals surface area (Å²) in [6.07, 6.45) is 1.67. The zero-order valence-corrected chi connectivity index (χ0v) is 15.7. The fourth-order valence-electron chi connectivity index (χ4n) is 2.45. The number of amides is 1. The summed E-state index contributed by atoms with van der Waals surface area (Å²) in [7, 11) is 1.31. The molecular formula is C19H13NO5S2. The van der Waals surface area contributed by atoms with Crippen molar-refractivity contribution in [1.82, 2.24) is 0 Å². The fraction of sp³-hybridized carbons (Fsp3) is 0.0526.